The van der Waals surface area contributed by atoms with E-state index in [1.54, 1.807) is 23.0 Å². The second-order valence-electron chi connectivity index (χ2n) is 5.57. The van der Waals surface area contributed by atoms with Gasteiger partial charge < -0.3 is 10.7 Å². The number of aromatic nitrogens is 1. The van der Waals surface area contributed by atoms with Crippen molar-refractivity contribution < 1.29 is 0 Å². The molecular formula is C21H19N3O. The van der Waals surface area contributed by atoms with E-state index in [1.807, 2.05) is 60.7 Å². The molecule has 0 unspecified atom stereocenters. The van der Waals surface area contributed by atoms with Gasteiger partial charge in [0.1, 0.15) is 0 Å². The standard InChI is InChI=1S/C21H19N3O/c22-13-19(15-23-14-17-7-3-1-4-8-17)18-11-12-21(25)24(16-18)20-9-5-2-6-10-20/h1-13,15-16,22-23H,14H2/b19-15+,22-13?. The Morgan fingerprint density at radius 3 is 2.32 bits per heavy atom. The molecule has 3 aromatic rings. The molecule has 0 atom stereocenters. The highest BCUT2D eigenvalue weighted by Crippen LogP contribution is 2.12. The van der Waals surface area contributed by atoms with E-state index in [-0.39, 0.29) is 5.56 Å². The molecule has 0 saturated heterocycles. The molecule has 0 aliphatic carbocycles. The van der Waals surface area contributed by atoms with Crippen molar-refractivity contribution in [2.24, 2.45) is 0 Å². The third-order valence-electron chi connectivity index (χ3n) is 3.84. The predicted octanol–water partition coefficient (Wildman–Crippen LogP) is 3.62. The second kappa shape index (κ2) is 7.93. The molecule has 2 aromatic carbocycles. The number of para-hydroxylation sites is 1. The number of hydrogen-bond donors (Lipinski definition) is 2. The molecule has 0 spiro atoms. The minimum Gasteiger partial charge on any atom is -0.386 e. The summed E-state index contributed by atoms with van der Waals surface area (Å²) in [4.78, 5) is 12.2. The number of nitrogens with zero attached hydrogens (tertiary/aromatic N) is 1. The molecule has 25 heavy (non-hydrogen) atoms. The van der Waals surface area contributed by atoms with Gasteiger partial charge in [-0.3, -0.25) is 9.36 Å². The Morgan fingerprint density at radius 2 is 1.64 bits per heavy atom. The van der Waals surface area contributed by atoms with Gasteiger partial charge in [0.05, 0.1) is 0 Å². The average Bonchev–Trinajstić information content (AvgIpc) is 2.67. The van der Waals surface area contributed by atoms with E-state index in [9.17, 15) is 4.79 Å². The number of rotatable bonds is 6. The third kappa shape index (κ3) is 4.12. The summed E-state index contributed by atoms with van der Waals surface area (Å²) >= 11 is 0. The quantitative estimate of drug-likeness (QED) is 0.679. The van der Waals surface area contributed by atoms with Crippen LogP contribution in [-0.4, -0.2) is 10.8 Å². The van der Waals surface area contributed by atoms with Gasteiger partial charge in [-0.1, -0.05) is 48.5 Å². The van der Waals surface area contributed by atoms with Gasteiger partial charge in [0.15, 0.2) is 0 Å². The van der Waals surface area contributed by atoms with Crippen molar-refractivity contribution in [3.63, 3.8) is 0 Å². The molecule has 124 valence electrons. The molecule has 0 amide bonds. The van der Waals surface area contributed by atoms with Crippen molar-refractivity contribution in [2.45, 2.75) is 6.54 Å². The Bertz CT molecular complexity index is 928. The van der Waals surface area contributed by atoms with Crippen LogP contribution in [0.2, 0.25) is 0 Å². The van der Waals surface area contributed by atoms with Gasteiger partial charge >= 0.3 is 0 Å². The number of pyridine rings is 1. The van der Waals surface area contributed by atoms with Crippen LogP contribution in [0, 0.1) is 5.41 Å². The van der Waals surface area contributed by atoms with Crippen molar-refractivity contribution in [1.29, 1.82) is 5.41 Å². The summed E-state index contributed by atoms with van der Waals surface area (Å²) in [5, 5.41) is 10.9. The van der Waals surface area contributed by atoms with Crippen LogP contribution in [-0.2, 0) is 6.54 Å². The number of nitrogens with one attached hydrogen (secondary N) is 2. The molecular weight excluding hydrogens is 310 g/mol. The van der Waals surface area contributed by atoms with Crippen LogP contribution >= 0.6 is 0 Å². The minimum absolute atomic E-state index is 0.100. The van der Waals surface area contributed by atoms with Crippen LogP contribution in [0.3, 0.4) is 0 Å². The lowest BCUT2D eigenvalue weighted by molar-refractivity contribution is 0.872. The Labute approximate surface area is 146 Å². The summed E-state index contributed by atoms with van der Waals surface area (Å²) in [5.74, 6) is 0. The van der Waals surface area contributed by atoms with E-state index >= 15 is 0 Å². The lowest BCUT2D eigenvalue weighted by Gasteiger charge is -2.09. The molecule has 1 aromatic heterocycles. The number of allylic oxidation sites excluding steroid dienone is 1. The van der Waals surface area contributed by atoms with Gasteiger partial charge in [0, 0.05) is 48.0 Å². The monoisotopic (exact) mass is 329 g/mol. The fraction of sp³-hybridized carbons (Fsp3) is 0.0476. The lowest BCUT2D eigenvalue weighted by atomic mass is 10.1. The lowest BCUT2D eigenvalue weighted by Crippen LogP contribution is -2.17. The topological polar surface area (TPSA) is 57.9 Å². The molecule has 2 N–H and O–H groups in total. The van der Waals surface area contributed by atoms with Gasteiger partial charge in [0.25, 0.3) is 5.56 Å². The van der Waals surface area contributed by atoms with Crippen molar-refractivity contribution >= 4 is 11.8 Å². The van der Waals surface area contributed by atoms with Crippen LogP contribution in [0.1, 0.15) is 11.1 Å². The zero-order valence-corrected chi connectivity index (χ0v) is 13.7. The zero-order valence-electron chi connectivity index (χ0n) is 13.7. The van der Waals surface area contributed by atoms with Gasteiger partial charge in [-0.15, -0.1) is 0 Å². The van der Waals surface area contributed by atoms with Gasteiger partial charge in [0.2, 0.25) is 0 Å². The predicted molar refractivity (Wildman–Crippen MR) is 102 cm³/mol. The Balaban J connectivity index is 1.85. The smallest absolute Gasteiger partial charge is 0.255 e. The van der Waals surface area contributed by atoms with Crippen LogP contribution in [0.4, 0.5) is 0 Å². The zero-order chi connectivity index (χ0) is 17.5. The summed E-state index contributed by atoms with van der Waals surface area (Å²) in [6, 6.07) is 22.8. The van der Waals surface area contributed by atoms with Crippen LogP contribution in [0.5, 0.6) is 0 Å². The molecule has 0 aliphatic heterocycles. The summed E-state index contributed by atoms with van der Waals surface area (Å²) < 4.78 is 1.59. The van der Waals surface area contributed by atoms with E-state index < -0.39 is 0 Å². The first-order chi connectivity index (χ1) is 12.3. The maximum atomic E-state index is 12.2. The van der Waals surface area contributed by atoms with Crippen molar-refractivity contribution in [1.82, 2.24) is 9.88 Å². The van der Waals surface area contributed by atoms with E-state index in [0.29, 0.717) is 12.1 Å². The van der Waals surface area contributed by atoms with Crippen LogP contribution in [0.15, 0.2) is 90.0 Å². The first-order valence-electron chi connectivity index (χ1n) is 8.04. The Kier molecular flexibility index (Phi) is 5.22. The molecule has 0 saturated carbocycles. The average molecular weight is 329 g/mol. The normalized spacial score (nSPS) is 11.1. The fourth-order valence-corrected chi connectivity index (χ4v) is 2.53. The highest BCUT2D eigenvalue weighted by molar-refractivity contribution is 6.08. The van der Waals surface area contributed by atoms with Crippen molar-refractivity contribution in [3.8, 4) is 5.69 Å². The first kappa shape index (κ1) is 16.5. The third-order valence-corrected chi connectivity index (χ3v) is 3.84. The summed E-state index contributed by atoms with van der Waals surface area (Å²) in [6.07, 6.45) is 4.85. The van der Waals surface area contributed by atoms with E-state index in [2.05, 4.69) is 5.32 Å². The minimum atomic E-state index is -0.100. The summed E-state index contributed by atoms with van der Waals surface area (Å²) in [5.41, 5.74) is 3.38. The summed E-state index contributed by atoms with van der Waals surface area (Å²) in [6.45, 7) is 0.677. The number of benzene rings is 2. The SMILES string of the molecule is N=C/C(=C\NCc1ccccc1)c1ccc(=O)n(-c2ccccc2)c1. The maximum absolute atomic E-state index is 12.2. The van der Waals surface area contributed by atoms with Crippen molar-refractivity contribution in [3.05, 3.63) is 107 Å². The van der Waals surface area contributed by atoms with E-state index in [1.165, 1.54) is 12.3 Å². The van der Waals surface area contributed by atoms with Gasteiger partial charge in [-0.2, -0.15) is 0 Å². The van der Waals surface area contributed by atoms with Crippen LogP contribution < -0.4 is 10.9 Å². The molecule has 0 bridgehead atoms. The fourth-order valence-electron chi connectivity index (χ4n) is 2.53. The maximum Gasteiger partial charge on any atom is 0.255 e. The Morgan fingerprint density at radius 1 is 0.960 bits per heavy atom. The van der Waals surface area contributed by atoms with Crippen molar-refractivity contribution in [2.75, 3.05) is 0 Å². The molecule has 4 nitrogen and oxygen atoms in total. The molecule has 0 aliphatic rings. The Hall–Kier alpha value is -3.40. The van der Waals surface area contributed by atoms with Crippen LogP contribution in [0.25, 0.3) is 11.3 Å². The molecule has 1 heterocycles. The first-order valence-corrected chi connectivity index (χ1v) is 8.04. The molecule has 0 radical (unpaired) electrons. The molecule has 4 heteroatoms. The summed E-state index contributed by atoms with van der Waals surface area (Å²) in [7, 11) is 0. The second-order valence-corrected chi connectivity index (χ2v) is 5.57. The number of hydrogen-bond acceptors (Lipinski definition) is 3. The largest absolute Gasteiger partial charge is 0.386 e. The van der Waals surface area contributed by atoms with Gasteiger partial charge in [-0.25, -0.2) is 0 Å². The van der Waals surface area contributed by atoms with E-state index in [4.69, 9.17) is 5.41 Å². The highest BCUT2D eigenvalue weighted by Gasteiger charge is 2.04. The van der Waals surface area contributed by atoms with E-state index in [0.717, 1.165) is 16.8 Å². The molecule has 3 rings (SSSR count). The highest BCUT2D eigenvalue weighted by atomic mass is 16.1. The van der Waals surface area contributed by atoms with Gasteiger partial charge in [-0.05, 0) is 23.8 Å². The molecule has 0 fully saturated rings.